The molecular formula is C18H20N2O3S2. The highest BCUT2D eigenvalue weighted by molar-refractivity contribution is 7.99. The number of carbonyl (C=O) groups excluding carboxylic acids is 1. The van der Waals surface area contributed by atoms with Crippen molar-refractivity contribution < 1.29 is 14.3 Å². The van der Waals surface area contributed by atoms with Crippen LogP contribution in [0.5, 0.6) is 11.5 Å². The van der Waals surface area contributed by atoms with Crippen molar-refractivity contribution in [3.05, 3.63) is 46.2 Å². The van der Waals surface area contributed by atoms with Crippen molar-refractivity contribution in [3.8, 4) is 11.5 Å². The van der Waals surface area contributed by atoms with Crippen LogP contribution in [0.2, 0.25) is 0 Å². The molecule has 4 rings (SSSR count). The number of fused-ring (bicyclic) bond motifs is 1. The molecule has 1 fully saturated rings. The van der Waals surface area contributed by atoms with Crippen molar-refractivity contribution in [3.63, 3.8) is 0 Å². The van der Waals surface area contributed by atoms with Crippen molar-refractivity contribution >= 4 is 29.1 Å². The lowest BCUT2D eigenvalue weighted by atomic mass is 10.2. The first-order valence-electron chi connectivity index (χ1n) is 8.36. The van der Waals surface area contributed by atoms with Crippen LogP contribution in [0.15, 0.2) is 35.7 Å². The molecule has 0 aliphatic carbocycles. The van der Waals surface area contributed by atoms with Gasteiger partial charge in [-0.05, 0) is 35.6 Å². The Labute approximate surface area is 155 Å². The zero-order valence-corrected chi connectivity index (χ0v) is 15.4. The van der Waals surface area contributed by atoms with E-state index in [-0.39, 0.29) is 12.8 Å². The number of nitrogens with zero attached hydrogens (tertiary/aromatic N) is 1. The molecule has 2 aliphatic heterocycles. The second-order valence-corrected chi connectivity index (χ2v) is 8.29. The predicted molar refractivity (Wildman–Crippen MR) is 101 cm³/mol. The summed E-state index contributed by atoms with van der Waals surface area (Å²) in [4.78, 5) is 15.8. The van der Waals surface area contributed by atoms with Crippen molar-refractivity contribution in [2.75, 3.05) is 25.6 Å². The quantitative estimate of drug-likeness (QED) is 0.884. The predicted octanol–water partition coefficient (Wildman–Crippen LogP) is 3.87. The van der Waals surface area contributed by atoms with Gasteiger partial charge in [-0.2, -0.15) is 11.8 Å². The van der Waals surface area contributed by atoms with Gasteiger partial charge in [-0.3, -0.25) is 0 Å². The molecule has 1 N–H and O–H groups in total. The van der Waals surface area contributed by atoms with E-state index in [1.807, 2.05) is 34.9 Å². The molecule has 2 amide bonds. The van der Waals surface area contributed by atoms with Gasteiger partial charge in [0.1, 0.15) is 0 Å². The molecule has 1 aromatic carbocycles. The topological polar surface area (TPSA) is 50.8 Å². The standard InChI is InChI=1S/C18H20N2O3S2/c21-18(19-11-13-3-4-14-15(10-13)23-12-22-14)20-6-5-17(25-9-7-20)16-2-1-8-24-16/h1-4,8,10,17H,5-7,9,11-12H2,(H,19,21)/t17-/m0/s1. The molecular weight excluding hydrogens is 356 g/mol. The van der Waals surface area contributed by atoms with E-state index < -0.39 is 0 Å². The average molecular weight is 377 g/mol. The van der Waals surface area contributed by atoms with Gasteiger partial charge >= 0.3 is 6.03 Å². The Bertz CT molecular complexity index is 736. The lowest BCUT2D eigenvalue weighted by Gasteiger charge is -2.20. The third-order valence-corrected chi connectivity index (χ3v) is 6.82. The number of benzene rings is 1. The van der Waals surface area contributed by atoms with Gasteiger partial charge in [0.2, 0.25) is 6.79 Å². The van der Waals surface area contributed by atoms with Crippen molar-refractivity contribution in [2.45, 2.75) is 18.2 Å². The summed E-state index contributed by atoms with van der Waals surface area (Å²) < 4.78 is 10.7. The van der Waals surface area contributed by atoms with Crippen LogP contribution in [0.3, 0.4) is 0 Å². The smallest absolute Gasteiger partial charge is 0.317 e. The van der Waals surface area contributed by atoms with E-state index in [4.69, 9.17) is 9.47 Å². The Morgan fingerprint density at radius 3 is 3.04 bits per heavy atom. The number of hydrogen-bond acceptors (Lipinski definition) is 5. The van der Waals surface area contributed by atoms with Gasteiger partial charge in [-0.25, -0.2) is 4.79 Å². The molecule has 1 aromatic heterocycles. The van der Waals surface area contributed by atoms with Crippen LogP contribution in [-0.4, -0.2) is 36.6 Å². The zero-order valence-electron chi connectivity index (χ0n) is 13.8. The molecule has 25 heavy (non-hydrogen) atoms. The molecule has 0 saturated carbocycles. The number of urea groups is 1. The van der Waals surface area contributed by atoms with E-state index in [1.54, 1.807) is 11.3 Å². The van der Waals surface area contributed by atoms with Gasteiger partial charge < -0.3 is 19.7 Å². The second kappa shape index (κ2) is 7.58. The van der Waals surface area contributed by atoms with Gasteiger partial charge in [-0.15, -0.1) is 11.3 Å². The molecule has 1 atom stereocenters. The number of carbonyl (C=O) groups is 1. The van der Waals surface area contributed by atoms with Crippen LogP contribution in [-0.2, 0) is 6.54 Å². The number of rotatable bonds is 3. The van der Waals surface area contributed by atoms with Gasteiger partial charge in [0.05, 0.1) is 0 Å². The van der Waals surface area contributed by atoms with Crippen LogP contribution < -0.4 is 14.8 Å². The normalized spacial score (nSPS) is 19.5. The van der Waals surface area contributed by atoms with Crippen LogP contribution in [0, 0.1) is 0 Å². The monoisotopic (exact) mass is 376 g/mol. The molecule has 0 radical (unpaired) electrons. The average Bonchev–Trinajstić information content (AvgIpc) is 3.27. The van der Waals surface area contributed by atoms with Crippen molar-refractivity contribution in [2.24, 2.45) is 0 Å². The van der Waals surface area contributed by atoms with Gasteiger partial charge in [-0.1, -0.05) is 12.1 Å². The summed E-state index contributed by atoms with van der Waals surface area (Å²) in [7, 11) is 0. The number of thiophene rings is 1. The second-order valence-electron chi connectivity index (χ2n) is 6.00. The Morgan fingerprint density at radius 2 is 2.16 bits per heavy atom. The first-order chi connectivity index (χ1) is 12.3. The SMILES string of the molecule is O=C(NCc1ccc2c(c1)OCO2)N1CCS[C@H](c2cccs2)CC1. The Kier molecular flexibility index (Phi) is 5.03. The van der Waals surface area contributed by atoms with Crippen molar-refractivity contribution in [1.29, 1.82) is 0 Å². The summed E-state index contributed by atoms with van der Waals surface area (Å²) in [5, 5.41) is 5.65. The van der Waals surface area contributed by atoms with Crippen LogP contribution in [0.1, 0.15) is 22.1 Å². The van der Waals surface area contributed by atoms with E-state index in [0.717, 1.165) is 42.3 Å². The van der Waals surface area contributed by atoms with Crippen LogP contribution in [0.4, 0.5) is 4.79 Å². The fourth-order valence-corrected chi connectivity index (χ4v) is 5.25. The molecule has 0 spiro atoms. The fraction of sp³-hybridized carbons (Fsp3) is 0.389. The third-order valence-electron chi connectivity index (χ3n) is 4.37. The first-order valence-corrected chi connectivity index (χ1v) is 10.3. The number of amides is 2. The highest BCUT2D eigenvalue weighted by Crippen LogP contribution is 2.36. The largest absolute Gasteiger partial charge is 0.454 e. The highest BCUT2D eigenvalue weighted by Gasteiger charge is 2.22. The lowest BCUT2D eigenvalue weighted by molar-refractivity contribution is 0.174. The molecule has 0 unspecified atom stereocenters. The van der Waals surface area contributed by atoms with E-state index in [0.29, 0.717) is 11.8 Å². The van der Waals surface area contributed by atoms with Gasteiger partial charge in [0, 0.05) is 35.5 Å². The van der Waals surface area contributed by atoms with E-state index in [9.17, 15) is 4.79 Å². The van der Waals surface area contributed by atoms with E-state index >= 15 is 0 Å². The number of hydrogen-bond donors (Lipinski definition) is 1. The fourth-order valence-electron chi connectivity index (χ4n) is 3.02. The molecule has 2 aliphatic rings. The van der Waals surface area contributed by atoms with Gasteiger partial charge in [0.15, 0.2) is 11.5 Å². The molecule has 132 valence electrons. The summed E-state index contributed by atoms with van der Waals surface area (Å²) in [6, 6.07) is 10.1. The third kappa shape index (κ3) is 3.88. The minimum absolute atomic E-state index is 0.00472. The Balaban J connectivity index is 1.30. The lowest BCUT2D eigenvalue weighted by Crippen LogP contribution is -2.40. The molecule has 7 heteroatoms. The number of thioether (sulfide) groups is 1. The Morgan fingerprint density at radius 1 is 1.24 bits per heavy atom. The van der Waals surface area contributed by atoms with Gasteiger partial charge in [0.25, 0.3) is 0 Å². The Hall–Kier alpha value is -1.86. The molecule has 1 saturated heterocycles. The maximum Gasteiger partial charge on any atom is 0.317 e. The van der Waals surface area contributed by atoms with E-state index in [2.05, 4.69) is 22.8 Å². The minimum atomic E-state index is 0.00472. The summed E-state index contributed by atoms with van der Waals surface area (Å²) in [5.41, 5.74) is 1.01. The maximum atomic E-state index is 12.5. The number of nitrogens with one attached hydrogen (secondary N) is 1. The summed E-state index contributed by atoms with van der Waals surface area (Å²) in [6.07, 6.45) is 1.00. The first kappa shape index (κ1) is 16.6. The van der Waals surface area contributed by atoms with Crippen LogP contribution in [0.25, 0.3) is 0 Å². The minimum Gasteiger partial charge on any atom is -0.454 e. The van der Waals surface area contributed by atoms with E-state index in [1.165, 1.54) is 4.88 Å². The molecule has 2 aromatic rings. The zero-order chi connectivity index (χ0) is 17.1. The summed E-state index contributed by atoms with van der Waals surface area (Å²) in [5.74, 6) is 2.48. The van der Waals surface area contributed by atoms with Crippen molar-refractivity contribution in [1.82, 2.24) is 10.2 Å². The summed E-state index contributed by atoms with van der Waals surface area (Å²) in [6.45, 7) is 2.34. The molecule has 3 heterocycles. The molecule has 5 nitrogen and oxygen atoms in total. The number of ether oxygens (including phenoxy) is 2. The summed E-state index contributed by atoms with van der Waals surface area (Å²) >= 11 is 3.75. The maximum absolute atomic E-state index is 12.5. The molecule has 0 bridgehead atoms. The highest BCUT2D eigenvalue weighted by atomic mass is 32.2. The van der Waals surface area contributed by atoms with Crippen LogP contribution >= 0.6 is 23.1 Å².